The third kappa shape index (κ3) is 7.70. The van der Waals surface area contributed by atoms with Crippen molar-refractivity contribution in [1.82, 2.24) is 15.0 Å². The minimum absolute atomic E-state index is 0.0108. The van der Waals surface area contributed by atoms with E-state index in [0.717, 1.165) is 0 Å². The first-order valence-electron chi connectivity index (χ1n) is 13.3. The Balaban J connectivity index is 1.71. The van der Waals surface area contributed by atoms with Gasteiger partial charge < -0.3 is 18.9 Å². The number of hydrogen-bond acceptors (Lipinski definition) is 8. The van der Waals surface area contributed by atoms with E-state index in [1.54, 1.807) is 60.7 Å². The van der Waals surface area contributed by atoms with Gasteiger partial charge in [0, 0.05) is 29.4 Å². The predicted octanol–water partition coefficient (Wildman–Crippen LogP) is 3.63. The van der Waals surface area contributed by atoms with E-state index < -0.39 is 18.3 Å². The smallest absolute Gasteiger partial charge is 0.308 e. The van der Waals surface area contributed by atoms with E-state index in [1.807, 2.05) is 26.8 Å². The number of terminal acetylenes is 1. The van der Waals surface area contributed by atoms with E-state index in [1.165, 1.54) is 6.39 Å². The Morgan fingerprint density at radius 2 is 1.83 bits per heavy atom. The van der Waals surface area contributed by atoms with Crippen LogP contribution in [0.15, 0.2) is 70.2 Å². The van der Waals surface area contributed by atoms with Crippen molar-refractivity contribution in [2.75, 3.05) is 6.79 Å². The van der Waals surface area contributed by atoms with E-state index in [0.29, 0.717) is 41.0 Å². The van der Waals surface area contributed by atoms with Crippen molar-refractivity contribution in [2.24, 2.45) is 0 Å². The molecule has 0 radical (unpaired) electrons. The van der Waals surface area contributed by atoms with Crippen LogP contribution in [0.1, 0.15) is 73.0 Å². The number of ether oxygens (including phenoxy) is 2. The monoisotopic (exact) mass is 565 g/mol. The molecule has 4 aromatic rings. The fourth-order valence-corrected chi connectivity index (χ4v) is 4.06. The van der Waals surface area contributed by atoms with Crippen LogP contribution in [0.25, 0.3) is 12.2 Å². The largest absolute Gasteiger partial charge is 0.447 e. The van der Waals surface area contributed by atoms with Crippen LogP contribution in [0.4, 0.5) is 0 Å². The Morgan fingerprint density at radius 1 is 1.07 bits per heavy atom. The summed E-state index contributed by atoms with van der Waals surface area (Å²) in [6, 6.07) is 15.8. The lowest BCUT2D eigenvalue weighted by atomic mass is 9.92. The number of carbonyl (C=O) groups excluding carboxylic acids is 2. The Kier molecular flexibility index (Phi) is 9.50. The number of aromatic amines is 1. The van der Waals surface area contributed by atoms with Crippen LogP contribution in [0.5, 0.6) is 5.88 Å². The van der Waals surface area contributed by atoms with E-state index in [-0.39, 0.29) is 34.2 Å². The molecule has 214 valence electrons. The molecule has 9 nitrogen and oxygen atoms in total. The second kappa shape index (κ2) is 13.4. The van der Waals surface area contributed by atoms with Crippen molar-refractivity contribution in [3.05, 3.63) is 110 Å². The number of carbonyl (C=O) groups is 2. The summed E-state index contributed by atoms with van der Waals surface area (Å²) in [6.45, 7) is 5.48. The van der Waals surface area contributed by atoms with Crippen molar-refractivity contribution in [3.8, 4) is 18.2 Å². The van der Waals surface area contributed by atoms with Crippen molar-refractivity contribution in [1.29, 1.82) is 0 Å². The third-order valence-electron chi connectivity index (χ3n) is 6.10. The number of benzene rings is 2. The van der Waals surface area contributed by atoms with Gasteiger partial charge in [0.2, 0.25) is 12.7 Å². The SMILES string of the molecule is C#CCCCC(=O)OCOc1n/c(=C\c2cccc(C(=O)c3ccccc3)c2)c(=O)[nH]/c1=C\c1ncoc1C(C)(C)C. The van der Waals surface area contributed by atoms with Gasteiger partial charge in [-0.3, -0.25) is 14.4 Å². The quantitative estimate of drug-likeness (QED) is 0.102. The highest BCUT2D eigenvalue weighted by atomic mass is 16.7. The first kappa shape index (κ1) is 29.7. The van der Waals surface area contributed by atoms with Gasteiger partial charge in [0.15, 0.2) is 12.2 Å². The summed E-state index contributed by atoms with van der Waals surface area (Å²) >= 11 is 0. The first-order chi connectivity index (χ1) is 20.2. The number of nitrogens with one attached hydrogen (secondary N) is 1. The molecular formula is C33H31N3O6. The average molecular weight is 566 g/mol. The molecule has 0 spiro atoms. The normalized spacial score (nSPS) is 12.1. The number of esters is 1. The number of nitrogens with zero attached hydrogens (tertiary/aromatic N) is 2. The molecule has 2 aromatic heterocycles. The standard InChI is InChI=1S/C33H31N3O6/c1-5-6-8-16-28(37)41-21-42-32-27(19-25-30(33(2,3)4)40-20-34-25)35-31(39)26(36-32)18-22-12-11-15-24(17-22)29(38)23-13-9-7-10-14-23/h1,7,9-15,17-20H,6,8,16,21H2,2-4H3,(H,35,39)/b26-18-,27-19-. The summed E-state index contributed by atoms with van der Waals surface area (Å²) in [5.74, 6) is 2.47. The van der Waals surface area contributed by atoms with Gasteiger partial charge in [-0.2, -0.15) is 0 Å². The maximum atomic E-state index is 13.1. The molecule has 42 heavy (non-hydrogen) atoms. The molecule has 0 aliphatic carbocycles. The zero-order valence-corrected chi connectivity index (χ0v) is 23.7. The summed E-state index contributed by atoms with van der Waals surface area (Å²) in [5.41, 5.74) is 1.23. The number of aromatic nitrogens is 3. The summed E-state index contributed by atoms with van der Waals surface area (Å²) in [7, 11) is 0. The topological polar surface area (TPSA) is 124 Å². The maximum Gasteiger partial charge on any atom is 0.308 e. The zero-order valence-electron chi connectivity index (χ0n) is 23.7. The van der Waals surface area contributed by atoms with Crippen LogP contribution < -0.4 is 21.0 Å². The highest BCUT2D eigenvalue weighted by Crippen LogP contribution is 2.25. The number of unbranched alkanes of at least 4 members (excludes halogenated alkanes) is 1. The molecule has 0 aliphatic rings. The molecule has 0 unspecified atom stereocenters. The Morgan fingerprint density at radius 3 is 2.57 bits per heavy atom. The Bertz CT molecular complexity index is 1790. The minimum Gasteiger partial charge on any atom is -0.447 e. The molecule has 2 heterocycles. The molecule has 0 aliphatic heterocycles. The molecular weight excluding hydrogens is 534 g/mol. The number of rotatable bonds is 10. The fourth-order valence-electron chi connectivity index (χ4n) is 4.06. The number of oxazole rings is 1. The van der Waals surface area contributed by atoms with E-state index in [9.17, 15) is 14.4 Å². The molecule has 2 aromatic carbocycles. The molecule has 4 rings (SSSR count). The van der Waals surface area contributed by atoms with Crippen LogP contribution in [0.2, 0.25) is 0 Å². The first-order valence-corrected chi connectivity index (χ1v) is 13.3. The van der Waals surface area contributed by atoms with E-state index in [2.05, 4.69) is 20.9 Å². The molecule has 9 heteroatoms. The lowest BCUT2D eigenvalue weighted by Crippen LogP contribution is -2.38. The lowest BCUT2D eigenvalue weighted by Gasteiger charge is -2.15. The highest BCUT2D eigenvalue weighted by molar-refractivity contribution is 6.09. The molecule has 0 amide bonds. The lowest BCUT2D eigenvalue weighted by molar-refractivity contribution is -0.150. The number of hydrogen-bond donors (Lipinski definition) is 1. The Labute approximate surface area is 242 Å². The van der Waals surface area contributed by atoms with Gasteiger partial charge in [0.1, 0.15) is 22.2 Å². The molecule has 0 fully saturated rings. The van der Waals surface area contributed by atoms with Crippen LogP contribution in [0.3, 0.4) is 0 Å². The van der Waals surface area contributed by atoms with Crippen LogP contribution >= 0.6 is 0 Å². The second-order valence-corrected chi connectivity index (χ2v) is 10.4. The van der Waals surface area contributed by atoms with Crippen molar-refractivity contribution >= 4 is 23.9 Å². The van der Waals surface area contributed by atoms with Crippen LogP contribution in [0, 0.1) is 12.3 Å². The fraction of sp³-hybridized carbons (Fsp3) is 0.242. The summed E-state index contributed by atoms with van der Waals surface area (Å²) in [5, 5.41) is 0.246. The van der Waals surface area contributed by atoms with Crippen LogP contribution in [-0.2, 0) is 14.9 Å². The highest BCUT2D eigenvalue weighted by Gasteiger charge is 2.22. The van der Waals surface area contributed by atoms with E-state index in [4.69, 9.17) is 20.3 Å². The average Bonchev–Trinajstić information content (AvgIpc) is 3.45. The molecule has 1 N–H and O–H groups in total. The van der Waals surface area contributed by atoms with Crippen molar-refractivity contribution < 1.29 is 23.5 Å². The summed E-state index contributed by atoms with van der Waals surface area (Å²) in [6.07, 6.45) is 10.8. The van der Waals surface area contributed by atoms with E-state index >= 15 is 0 Å². The van der Waals surface area contributed by atoms with Crippen molar-refractivity contribution in [2.45, 2.75) is 45.4 Å². The zero-order chi connectivity index (χ0) is 30.1. The van der Waals surface area contributed by atoms with Crippen molar-refractivity contribution in [3.63, 3.8) is 0 Å². The van der Waals surface area contributed by atoms with Gasteiger partial charge in [0.05, 0.1) is 0 Å². The van der Waals surface area contributed by atoms with Gasteiger partial charge in [0.25, 0.3) is 5.56 Å². The summed E-state index contributed by atoms with van der Waals surface area (Å²) in [4.78, 5) is 49.6. The second-order valence-electron chi connectivity index (χ2n) is 10.4. The van der Waals surface area contributed by atoms with Gasteiger partial charge in [-0.15, -0.1) is 12.3 Å². The van der Waals surface area contributed by atoms with Gasteiger partial charge in [-0.1, -0.05) is 69.3 Å². The Hall–Kier alpha value is -5.23. The van der Waals surface area contributed by atoms with Gasteiger partial charge in [-0.25, -0.2) is 9.97 Å². The molecule has 0 bridgehead atoms. The van der Waals surface area contributed by atoms with Gasteiger partial charge in [-0.05, 0) is 30.2 Å². The maximum absolute atomic E-state index is 13.1. The molecule has 0 saturated carbocycles. The summed E-state index contributed by atoms with van der Waals surface area (Å²) < 4.78 is 16.5. The number of ketones is 1. The van der Waals surface area contributed by atoms with Gasteiger partial charge >= 0.3 is 5.97 Å². The predicted molar refractivity (Wildman–Crippen MR) is 157 cm³/mol. The van der Waals surface area contributed by atoms with Crippen LogP contribution in [-0.4, -0.2) is 33.5 Å². The third-order valence-corrected chi connectivity index (χ3v) is 6.10. The minimum atomic E-state index is -0.500. The molecule has 0 saturated heterocycles. The molecule has 0 atom stereocenters. The number of H-pyrrole nitrogens is 1.